The van der Waals surface area contributed by atoms with Gasteiger partial charge in [-0.05, 0) is 49.9 Å². The number of anilines is 1. The molecule has 2 amide bonds. The number of aromatic nitrogens is 1. The van der Waals surface area contributed by atoms with Crippen LogP contribution in [0, 0.1) is 18.2 Å². The molecule has 0 saturated carbocycles. The van der Waals surface area contributed by atoms with E-state index < -0.39 is 44.9 Å². The summed E-state index contributed by atoms with van der Waals surface area (Å²) in [5.74, 6) is -2.47. The van der Waals surface area contributed by atoms with Crippen LogP contribution in [-0.2, 0) is 43.5 Å². The van der Waals surface area contributed by atoms with Gasteiger partial charge in [0, 0.05) is 4.88 Å². The maximum Gasteiger partial charge on any atom is 0.341 e. The molecule has 0 atom stereocenters. The number of benzene rings is 1. The fourth-order valence-corrected chi connectivity index (χ4v) is 7.41. The Bertz CT molecular complexity index is 1630. The Hall–Kier alpha value is -3.34. The lowest BCUT2D eigenvalue weighted by atomic mass is 10.1. The molecule has 194 valence electrons. The zero-order valence-corrected chi connectivity index (χ0v) is 22.2. The van der Waals surface area contributed by atoms with E-state index in [9.17, 15) is 27.2 Å². The summed E-state index contributed by atoms with van der Waals surface area (Å²) in [6.45, 7) is 1.87. The second kappa shape index (κ2) is 11.0. The molecule has 37 heavy (non-hydrogen) atoms. The van der Waals surface area contributed by atoms with Gasteiger partial charge in [0.05, 0.1) is 28.9 Å². The number of ether oxygens (including phenoxy) is 1. The average molecular weight is 564 g/mol. The van der Waals surface area contributed by atoms with Gasteiger partial charge in [-0.15, -0.1) is 17.8 Å². The third-order valence-electron chi connectivity index (χ3n) is 5.46. The maximum atomic E-state index is 13.6. The molecule has 1 aliphatic carbocycles. The number of hydrogen-bond acceptors (Lipinski definition) is 8. The van der Waals surface area contributed by atoms with E-state index in [4.69, 9.17) is 11.2 Å². The second-order valence-electron chi connectivity index (χ2n) is 8.15. The topological polar surface area (TPSA) is 124 Å². The Morgan fingerprint density at radius 3 is 2.76 bits per heavy atom. The van der Waals surface area contributed by atoms with Gasteiger partial charge in [0.1, 0.15) is 22.3 Å². The largest absolute Gasteiger partial charge is 0.462 e. The van der Waals surface area contributed by atoms with Crippen molar-refractivity contribution in [1.29, 1.82) is 0 Å². The number of terminal acetylenes is 1. The van der Waals surface area contributed by atoms with Crippen molar-refractivity contribution < 1.29 is 31.9 Å². The van der Waals surface area contributed by atoms with Gasteiger partial charge in [0.2, 0.25) is 5.91 Å². The standard InChI is InChI=1S/C24H22FN3O6S3/c1-3-10-28-16-9-8-14(25)11-18(16)36-24(28)27-20(30)13-37(32,33)12-19(29)26-22-21(23(31)34-4-2)15-6-5-7-17(15)35-22/h1,8-9,11H,4-7,10,12-13H2,2H3,(H,26,29). The van der Waals surface area contributed by atoms with Crippen LogP contribution in [0.5, 0.6) is 0 Å². The van der Waals surface area contributed by atoms with Crippen molar-refractivity contribution in [1.82, 2.24) is 4.57 Å². The van der Waals surface area contributed by atoms with Crippen molar-refractivity contribution in [2.24, 2.45) is 4.99 Å². The number of aryl methyl sites for hydroxylation is 1. The minimum absolute atomic E-state index is 0.0422. The number of sulfone groups is 1. The minimum atomic E-state index is -4.19. The number of halogens is 1. The van der Waals surface area contributed by atoms with Crippen LogP contribution in [0.15, 0.2) is 23.2 Å². The Morgan fingerprint density at radius 2 is 2.03 bits per heavy atom. The molecular weight excluding hydrogens is 541 g/mol. The van der Waals surface area contributed by atoms with E-state index in [1.165, 1.54) is 34.1 Å². The molecule has 0 unspecified atom stereocenters. The van der Waals surface area contributed by atoms with Crippen LogP contribution >= 0.6 is 22.7 Å². The first-order chi connectivity index (χ1) is 17.6. The summed E-state index contributed by atoms with van der Waals surface area (Å²) < 4.78 is 45.9. The van der Waals surface area contributed by atoms with Crippen molar-refractivity contribution in [3.63, 3.8) is 0 Å². The summed E-state index contributed by atoms with van der Waals surface area (Å²) >= 11 is 2.22. The Labute approximate surface area is 219 Å². The lowest BCUT2D eigenvalue weighted by Crippen LogP contribution is -2.28. The first-order valence-electron chi connectivity index (χ1n) is 11.2. The maximum absolute atomic E-state index is 13.6. The van der Waals surface area contributed by atoms with Gasteiger partial charge >= 0.3 is 5.97 Å². The van der Waals surface area contributed by atoms with Crippen molar-refractivity contribution in [2.45, 2.75) is 32.7 Å². The Kier molecular flexibility index (Phi) is 7.91. The zero-order valence-electron chi connectivity index (χ0n) is 19.7. The first-order valence-corrected chi connectivity index (χ1v) is 14.7. The third-order valence-corrected chi connectivity index (χ3v) is 9.10. The van der Waals surface area contributed by atoms with E-state index in [1.54, 1.807) is 6.92 Å². The summed E-state index contributed by atoms with van der Waals surface area (Å²) in [5.41, 5.74) is 1.63. The van der Waals surface area contributed by atoms with E-state index in [0.717, 1.165) is 34.6 Å². The highest BCUT2D eigenvalue weighted by Gasteiger charge is 2.29. The van der Waals surface area contributed by atoms with Crippen LogP contribution < -0.4 is 10.1 Å². The fourth-order valence-electron chi connectivity index (χ4n) is 4.03. The lowest BCUT2D eigenvalue weighted by molar-refractivity contribution is -0.115. The second-order valence-corrected chi connectivity index (χ2v) is 12.3. The van der Waals surface area contributed by atoms with Gasteiger partial charge in [-0.2, -0.15) is 4.99 Å². The monoisotopic (exact) mass is 563 g/mol. The number of hydrogen-bond donors (Lipinski definition) is 1. The molecule has 0 aliphatic heterocycles. The predicted octanol–water partition coefficient (Wildman–Crippen LogP) is 2.68. The van der Waals surface area contributed by atoms with Crippen molar-refractivity contribution in [3.8, 4) is 12.3 Å². The quantitative estimate of drug-likeness (QED) is 0.332. The van der Waals surface area contributed by atoms with Gasteiger partial charge < -0.3 is 14.6 Å². The summed E-state index contributed by atoms with van der Waals surface area (Å²) in [7, 11) is -4.19. The van der Waals surface area contributed by atoms with Crippen LogP contribution in [0.3, 0.4) is 0 Å². The van der Waals surface area contributed by atoms with Crippen LogP contribution in [0.25, 0.3) is 10.2 Å². The first kappa shape index (κ1) is 26.7. The molecule has 3 aromatic rings. The van der Waals surface area contributed by atoms with Crippen LogP contribution in [0.4, 0.5) is 9.39 Å². The summed E-state index contributed by atoms with van der Waals surface area (Å²) in [4.78, 5) is 42.5. The predicted molar refractivity (Wildman–Crippen MR) is 139 cm³/mol. The van der Waals surface area contributed by atoms with E-state index in [1.807, 2.05) is 0 Å². The molecule has 9 nitrogen and oxygen atoms in total. The minimum Gasteiger partial charge on any atom is -0.462 e. The van der Waals surface area contributed by atoms with Gasteiger partial charge in [0.25, 0.3) is 5.91 Å². The molecule has 4 rings (SSSR count). The molecule has 13 heteroatoms. The number of thiophene rings is 1. The average Bonchev–Trinajstić information content (AvgIpc) is 3.46. The summed E-state index contributed by atoms with van der Waals surface area (Å²) in [6, 6.07) is 4.00. The number of fused-ring (bicyclic) bond motifs is 2. The number of carbonyl (C=O) groups excluding carboxylic acids is 3. The molecule has 0 spiro atoms. The van der Waals surface area contributed by atoms with Crippen molar-refractivity contribution in [2.75, 3.05) is 23.4 Å². The highest BCUT2D eigenvalue weighted by atomic mass is 32.2. The molecule has 1 aliphatic rings. The smallest absolute Gasteiger partial charge is 0.341 e. The Morgan fingerprint density at radius 1 is 1.24 bits per heavy atom. The van der Waals surface area contributed by atoms with E-state index in [0.29, 0.717) is 16.6 Å². The van der Waals surface area contributed by atoms with Crippen LogP contribution in [0.1, 0.15) is 34.1 Å². The number of carbonyl (C=O) groups is 3. The van der Waals surface area contributed by atoms with Crippen molar-refractivity contribution >= 4 is 65.5 Å². The van der Waals surface area contributed by atoms with Crippen LogP contribution in [0.2, 0.25) is 0 Å². The normalized spacial score (nSPS) is 13.4. The zero-order chi connectivity index (χ0) is 26.7. The van der Waals surface area contributed by atoms with E-state index in [2.05, 4.69) is 16.2 Å². The molecule has 2 heterocycles. The lowest BCUT2D eigenvalue weighted by Gasteiger charge is -2.08. The molecule has 1 aromatic carbocycles. The van der Waals surface area contributed by atoms with Gasteiger partial charge in [-0.3, -0.25) is 9.59 Å². The van der Waals surface area contributed by atoms with E-state index >= 15 is 0 Å². The Balaban J connectivity index is 1.50. The number of nitrogens with zero attached hydrogens (tertiary/aromatic N) is 2. The number of rotatable bonds is 8. The summed E-state index contributed by atoms with van der Waals surface area (Å²) in [6.07, 6.45) is 7.72. The molecule has 0 fully saturated rings. The van der Waals surface area contributed by atoms with Crippen molar-refractivity contribution in [3.05, 3.63) is 44.8 Å². The van der Waals surface area contributed by atoms with Crippen LogP contribution in [-0.4, -0.2) is 48.9 Å². The van der Waals surface area contributed by atoms with Gasteiger partial charge in [0.15, 0.2) is 14.6 Å². The molecule has 2 aromatic heterocycles. The number of nitrogens with one attached hydrogen (secondary N) is 1. The molecular formula is C24H22FN3O6S3. The van der Waals surface area contributed by atoms with Gasteiger partial charge in [-0.1, -0.05) is 17.3 Å². The number of thiazole rings is 1. The fraction of sp³-hybridized carbons (Fsp3) is 0.333. The third kappa shape index (κ3) is 5.98. The van der Waals surface area contributed by atoms with Gasteiger partial charge in [-0.25, -0.2) is 17.6 Å². The van der Waals surface area contributed by atoms with E-state index in [-0.39, 0.29) is 28.5 Å². The molecule has 0 radical (unpaired) electrons. The molecule has 1 N–H and O–H groups in total. The number of amides is 2. The number of esters is 1. The molecule has 0 bridgehead atoms. The SMILES string of the molecule is C#CCn1c(=NC(=O)CS(=O)(=O)CC(=O)Nc2sc3c(c2C(=O)OCC)CCC3)sc2cc(F)ccc21. The summed E-state index contributed by atoms with van der Waals surface area (Å²) in [5, 5.41) is 2.75. The highest BCUT2D eigenvalue weighted by Crippen LogP contribution is 2.39. The molecule has 0 saturated heterocycles. The highest BCUT2D eigenvalue weighted by molar-refractivity contribution is 7.92.